The Bertz CT molecular complexity index is 958. The molecule has 3 aromatic rings. The molecule has 1 aliphatic rings. The number of carbonyl (C=O) groups is 1. The summed E-state index contributed by atoms with van der Waals surface area (Å²) in [6.45, 7) is 2.02. The van der Waals surface area contributed by atoms with Crippen LogP contribution in [0.2, 0.25) is 0 Å². The summed E-state index contributed by atoms with van der Waals surface area (Å²) in [5.41, 5.74) is 7.45. The number of imidazole rings is 1. The molecule has 0 spiro atoms. The van der Waals surface area contributed by atoms with Gasteiger partial charge in [0.05, 0.1) is 16.7 Å². The average molecular weight is 319 g/mol. The molecule has 0 saturated carbocycles. The molecule has 1 N–H and O–H groups in total. The number of benzene rings is 1. The maximum Gasteiger partial charge on any atom is 0.240 e. The number of hydrogen-bond donors (Lipinski definition) is 1. The Morgan fingerprint density at radius 2 is 1.96 bits per heavy atom. The molecule has 2 aromatic heterocycles. The van der Waals surface area contributed by atoms with E-state index in [1.54, 1.807) is 12.4 Å². The number of aromatic nitrogens is 3. The van der Waals surface area contributed by atoms with Gasteiger partial charge in [-0.1, -0.05) is 13.0 Å². The van der Waals surface area contributed by atoms with E-state index in [1.165, 1.54) is 0 Å². The van der Waals surface area contributed by atoms with Gasteiger partial charge in [0, 0.05) is 42.9 Å². The maximum absolute atomic E-state index is 11.4. The average Bonchev–Trinajstić information content (AvgIpc) is 2.92. The van der Waals surface area contributed by atoms with E-state index in [4.69, 9.17) is 4.98 Å². The van der Waals surface area contributed by atoms with Crippen LogP contribution in [0.5, 0.6) is 0 Å². The van der Waals surface area contributed by atoms with Gasteiger partial charge in [-0.15, -0.1) is 0 Å². The van der Waals surface area contributed by atoms with Gasteiger partial charge in [0.2, 0.25) is 5.91 Å². The second-order valence-corrected chi connectivity index (χ2v) is 6.07. The Hall–Kier alpha value is -3.02. The third-order valence-corrected chi connectivity index (χ3v) is 4.37. The Kier molecular flexibility index (Phi) is 3.37. The summed E-state index contributed by atoms with van der Waals surface area (Å²) in [7, 11) is 2.01. The highest BCUT2D eigenvalue weighted by Gasteiger charge is 2.22. The van der Waals surface area contributed by atoms with E-state index in [0.717, 1.165) is 33.7 Å². The second-order valence-electron chi connectivity index (χ2n) is 6.07. The van der Waals surface area contributed by atoms with Gasteiger partial charge in [-0.05, 0) is 24.3 Å². The van der Waals surface area contributed by atoms with Crippen LogP contribution in [-0.2, 0) is 11.8 Å². The van der Waals surface area contributed by atoms with Gasteiger partial charge in [0.1, 0.15) is 5.82 Å². The molecule has 1 atom stereocenters. The SMILES string of the molecule is CC1CC(=O)NN=C1c1ccc2c(c1)nc(-c1ccncc1)n2C. The summed E-state index contributed by atoms with van der Waals surface area (Å²) < 4.78 is 2.07. The van der Waals surface area contributed by atoms with Crippen LogP contribution in [0.4, 0.5) is 0 Å². The third-order valence-electron chi connectivity index (χ3n) is 4.37. The molecular weight excluding hydrogens is 302 g/mol. The van der Waals surface area contributed by atoms with Crippen molar-refractivity contribution in [3.63, 3.8) is 0 Å². The largest absolute Gasteiger partial charge is 0.327 e. The highest BCUT2D eigenvalue weighted by atomic mass is 16.2. The third kappa shape index (κ3) is 2.36. The van der Waals surface area contributed by atoms with Gasteiger partial charge in [0.15, 0.2) is 0 Å². The van der Waals surface area contributed by atoms with Crippen LogP contribution in [0.1, 0.15) is 18.9 Å². The zero-order valence-corrected chi connectivity index (χ0v) is 13.5. The summed E-state index contributed by atoms with van der Waals surface area (Å²) in [4.78, 5) is 20.3. The van der Waals surface area contributed by atoms with Crippen molar-refractivity contribution in [2.75, 3.05) is 0 Å². The van der Waals surface area contributed by atoms with Crippen LogP contribution >= 0.6 is 0 Å². The van der Waals surface area contributed by atoms with E-state index in [-0.39, 0.29) is 11.8 Å². The number of nitrogens with zero attached hydrogens (tertiary/aromatic N) is 4. The fraction of sp³-hybridized carbons (Fsp3) is 0.222. The number of hydrogen-bond acceptors (Lipinski definition) is 4. The molecule has 0 bridgehead atoms. The van der Waals surface area contributed by atoms with E-state index >= 15 is 0 Å². The molecule has 4 rings (SSSR count). The van der Waals surface area contributed by atoms with E-state index in [2.05, 4.69) is 20.1 Å². The van der Waals surface area contributed by atoms with Gasteiger partial charge < -0.3 is 4.57 Å². The molecule has 1 aliphatic heterocycles. The van der Waals surface area contributed by atoms with Crippen molar-refractivity contribution in [3.8, 4) is 11.4 Å². The topological polar surface area (TPSA) is 72.2 Å². The molecule has 120 valence electrons. The van der Waals surface area contributed by atoms with Crippen molar-refractivity contribution in [3.05, 3.63) is 48.3 Å². The highest BCUT2D eigenvalue weighted by molar-refractivity contribution is 6.07. The van der Waals surface area contributed by atoms with Gasteiger partial charge >= 0.3 is 0 Å². The van der Waals surface area contributed by atoms with Crippen molar-refractivity contribution >= 4 is 22.7 Å². The monoisotopic (exact) mass is 319 g/mol. The number of rotatable bonds is 2. The standard InChI is InChI=1S/C18H17N5O/c1-11-9-16(24)21-22-17(11)13-3-4-15-14(10-13)20-18(23(15)2)12-5-7-19-8-6-12/h3-8,10-11H,9H2,1-2H3,(H,21,24). The fourth-order valence-electron chi connectivity index (χ4n) is 3.12. The Morgan fingerprint density at radius 3 is 2.71 bits per heavy atom. The fourth-order valence-corrected chi connectivity index (χ4v) is 3.12. The van der Waals surface area contributed by atoms with Crippen LogP contribution in [0.15, 0.2) is 47.8 Å². The van der Waals surface area contributed by atoms with E-state index < -0.39 is 0 Å². The molecular formula is C18H17N5O. The van der Waals surface area contributed by atoms with Crippen molar-refractivity contribution in [1.82, 2.24) is 20.0 Å². The molecule has 0 radical (unpaired) electrons. The first kappa shape index (κ1) is 14.6. The predicted octanol–water partition coefficient (Wildman–Crippen LogP) is 2.50. The molecule has 3 heterocycles. The van der Waals surface area contributed by atoms with Crippen LogP contribution < -0.4 is 5.43 Å². The number of fused-ring (bicyclic) bond motifs is 1. The first-order valence-electron chi connectivity index (χ1n) is 7.87. The lowest BCUT2D eigenvalue weighted by Crippen LogP contribution is -2.31. The van der Waals surface area contributed by atoms with E-state index in [1.807, 2.05) is 44.3 Å². The van der Waals surface area contributed by atoms with Crippen LogP contribution in [0.25, 0.3) is 22.4 Å². The summed E-state index contributed by atoms with van der Waals surface area (Å²) in [6, 6.07) is 10.0. The number of pyridine rings is 1. The molecule has 6 heteroatoms. The highest BCUT2D eigenvalue weighted by Crippen LogP contribution is 2.25. The lowest BCUT2D eigenvalue weighted by Gasteiger charge is -2.19. The molecule has 1 amide bonds. The van der Waals surface area contributed by atoms with E-state index in [9.17, 15) is 4.79 Å². The normalized spacial score (nSPS) is 17.7. The minimum absolute atomic E-state index is 0.0369. The van der Waals surface area contributed by atoms with Crippen molar-refractivity contribution in [1.29, 1.82) is 0 Å². The molecule has 6 nitrogen and oxygen atoms in total. The van der Waals surface area contributed by atoms with Gasteiger partial charge in [-0.25, -0.2) is 10.4 Å². The Balaban J connectivity index is 1.81. The number of aryl methyl sites for hydroxylation is 1. The van der Waals surface area contributed by atoms with Gasteiger partial charge in [0.25, 0.3) is 0 Å². The zero-order chi connectivity index (χ0) is 16.7. The van der Waals surface area contributed by atoms with Gasteiger partial charge in [-0.3, -0.25) is 9.78 Å². The lowest BCUT2D eigenvalue weighted by molar-refractivity contribution is -0.121. The Labute approximate surface area is 139 Å². The quantitative estimate of drug-likeness (QED) is 0.789. The van der Waals surface area contributed by atoms with Crippen LogP contribution in [0.3, 0.4) is 0 Å². The number of carbonyl (C=O) groups excluding carboxylic acids is 1. The van der Waals surface area contributed by atoms with E-state index in [0.29, 0.717) is 6.42 Å². The molecule has 0 saturated heterocycles. The minimum Gasteiger partial charge on any atom is -0.327 e. The second kappa shape index (κ2) is 5.56. The van der Waals surface area contributed by atoms with Crippen molar-refractivity contribution in [2.45, 2.75) is 13.3 Å². The predicted molar refractivity (Wildman–Crippen MR) is 92.4 cm³/mol. The smallest absolute Gasteiger partial charge is 0.240 e. The summed E-state index contributed by atoms with van der Waals surface area (Å²) in [6.07, 6.45) is 3.99. The summed E-state index contributed by atoms with van der Waals surface area (Å²) >= 11 is 0. The molecule has 24 heavy (non-hydrogen) atoms. The van der Waals surface area contributed by atoms with Crippen LogP contribution in [-0.4, -0.2) is 26.2 Å². The molecule has 1 aromatic carbocycles. The van der Waals surface area contributed by atoms with Crippen LogP contribution in [0, 0.1) is 5.92 Å². The zero-order valence-electron chi connectivity index (χ0n) is 13.5. The maximum atomic E-state index is 11.4. The molecule has 1 unspecified atom stereocenters. The molecule has 0 aliphatic carbocycles. The number of nitrogens with one attached hydrogen (secondary N) is 1. The Morgan fingerprint density at radius 1 is 1.17 bits per heavy atom. The first-order valence-corrected chi connectivity index (χ1v) is 7.87. The minimum atomic E-state index is -0.0369. The van der Waals surface area contributed by atoms with Gasteiger partial charge in [-0.2, -0.15) is 5.10 Å². The number of amides is 1. The number of hydrazone groups is 1. The summed E-state index contributed by atoms with van der Waals surface area (Å²) in [5.74, 6) is 0.959. The first-order chi connectivity index (χ1) is 11.6. The summed E-state index contributed by atoms with van der Waals surface area (Å²) in [5, 5.41) is 4.23. The van der Waals surface area contributed by atoms with Crippen molar-refractivity contribution < 1.29 is 4.79 Å². The molecule has 0 fully saturated rings. The lowest BCUT2D eigenvalue weighted by atomic mass is 9.94. The van der Waals surface area contributed by atoms with Crippen molar-refractivity contribution in [2.24, 2.45) is 18.1 Å².